The number of anilines is 1. The maximum Gasteiger partial charge on any atom is 0.141 e. The molecule has 0 saturated heterocycles. The monoisotopic (exact) mass is 351 g/mol. The van der Waals surface area contributed by atoms with Crippen LogP contribution in [0.3, 0.4) is 0 Å². The van der Waals surface area contributed by atoms with Gasteiger partial charge in [0.1, 0.15) is 17.9 Å². The molecular weight excluding hydrogens is 333 g/mol. The number of pyridine rings is 1. The molecule has 5 nitrogen and oxygen atoms in total. The Hall–Kier alpha value is -2.99. The number of nitrogen functional groups attached to an aromatic ring is 1. The van der Waals surface area contributed by atoms with Gasteiger partial charge in [0.2, 0.25) is 0 Å². The van der Waals surface area contributed by atoms with Crippen molar-refractivity contribution in [3.8, 4) is 16.9 Å². The minimum absolute atomic E-state index is 0.383. The van der Waals surface area contributed by atoms with Crippen LogP contribution in [-0.2, 0) is 11.3 Å². The quantitative estimate of drug-likeness (QED) is 0.733. The SMILES string of the molecule is COc1cc(F)cc(-c2cccc3c(N)c4c(nc23)CN(C)C4C=O)c1. The number of nitrogens with two attached hydrogens (primary N) is 1. The highest BCUT2D eigenvalue weighted by Crippen LogP contribution is 2.40. The third-order valence-corrected chi connectivity index (χ3v) is 4.89. The van der Waals surface area contributed by atoms with Crippen LogP contribution in [0.15, 0.2) is 36.4 Å². The van der Waals surface area contributed by atoms with Crippen molar-refractivity contribution < 1.29 is 13.9 Å². The molecule has 2 heterocycles. The minimum atomic E-state index is -0.389. The van der Waals surface area contributed by atoms with Crippen molar-refractivity contribution in [1.82, 2.24) is 9.88 Å². The first kappa shape index (κ1) is 16.5. The molecule has 0 aliphatic carbocycles. The van der Waals surface area contributed by atoms with Crippen molar-refractivity contribution in [3.63, 3.8) is 0 Å². The molecule has 0 spiro atoms. The summed E-state index contributed by atoms with van der Waals surface area (Å²) >= 11 is 0. The molecule has 6 heteroatoms. The van der Waals surface area contributed by atoms with E-state index in [4.69, 9.17) is 15.5 Å². The van der Waals surface area contributed by atoms with Gasteiger partial charge in [-0.1, -0.05) is 18.2 Å². The van der Waals surface area contributed by atoms with Gasteiger partial charge in [-0.15, -0.1) is 0 Å². The van der Waals surface area contributed by atoms with Crippen molar-refractivity contribution in [2.24, 2.45) is 0 Å². The van der Waals surface area contributed by atoms with Crippen LogP contribution in [0, 0.1) is 5.82 Å². The van der Waals surface area contributed by atoms with E-state index in [-0.39, 0.29) is 11.9 Å². The number of carbonyl (C=O) groups is 1. The second-order valence-corrected chi connectivity index (χ2v) is 6.46. The summed E-state index contributed by atoms with van der Waals surface area (Å²) in [5.41, 5.74) is 10.6. The van der Waals surface area contributed by atoms with Crippen molar-refractivity contribution in [2.45, 2.75) is 12.6 Å². The molecule has 26 heavy (non-hydrogen) atoms. The van der Waals surface area contributed by atoms with Crippen LogP contribution in [0.2, 0.25) is 0 Å². The summed E-state index contributed by atoms with van der Waals surface area (Å²) in [6.07, 6.45) is 0.886. The number of fused-ring (bicyclic) bond motifs is 2. The van der Waals surface area contributed by atoms with Gasteiger partial charge >= 0.3 is 0 Å². The molecular formula is C20H18FN3O2. The predicted molar refractivity (Wildman–Crippen MR) is 98.4 cm³/mol. The molecule has 3 aromatic rings. The molecule has 1 unspecified atom stereocenters. The van der Waals surface area contributed by atoms with E-state index in [2.05, 4.69) is 0 Å². The number of nitrogens with zero attached hydrogens (tertiary/aromatic N) is 2. The standard InChI is InChI=1S/C20H18FN3O2/c1-24-9-16-18(17(24)10-25)19(22)15-5-3-4-14(20(15)23-16)11-6-12(21)8-13(7-11)26-2/h3-8,10,17H,9H2,1-2H3,(H2,22,23). The smallest absolute Gasteiger partial charge is 0.141 e. The average molecular weight is 351 g/mol. The Bertz CT molecular complexity index is 1040. The van der Waals surface area contributed by atoms with Gasteiger partial charge in [0.15, 0.2) is 0 Å². The minimum Gasteiger partial charge on any atom is -0.497 e. The second kappa shape index (κ2) is 6.07. The Labute approximate surface area is 150 Å². The number of likely N-dealkylation sites (N-methyl/N-ethyl adjacent to an activating group) is 1. The van der Waals surface area contributed by atoms with Crippen molar-refractivity contribution >= 4 is 22.9 Å². The number of para-hydroxylation sites is 1. The van der Waals surface area contributed by atoms with Gasteiger partial charge in [0.25, 0.3) is 0 Å². The zero-order valence-electron chi connectivity index (χ0n) is 14.5. The van der Waals surface area contributed by atoms with Gasteiger partial charge in [-0.05, 0) is 24.7 Å². The van der Waals surface area contributed by atoms with Crippen molar-refractivity contribution in [1.29, 1.82) is 0 Å². The largest absolute Gasteiger partial charge is 0.497 e. The van der Waals surface area contributed by atoms with E-state index in [1.54, 1.807) is 6.07 Å². The summed E-state index contributed by atoms with van der Waals surface area (Å²) < 4.78 is 19.2. The molecule has 0 amide bonds. The van der Waals surface area contributed by atoms with Crippen LogP contribution in [-0.4, -0.2) is 30.3 Å². The number of hydrogen-bond donors (Lipinski definition) is 1. The normalized spacial score (nSPS) is 16.7. The number of benzene rings is 2. The molecule has 0 saturated carbocycles. The van der Waals surface area contributed by atoms with Gasteiger partial charge in [0.05, 0.1) is 24.4 Å². The fraction of sp³-hybridized carbons (Fsp3) is 0.200. The Kier molecular flexibility index (Phi) is 3.85. The van der Waals surface area contributed by atoms with Gasteiger partial charge in [-0.25, -0.2) is 4.39 Å². The predicted octanol–water partition coefficient (Wildman–Crippen LogP) is 3.32. The van der Waals surface area contributed by atoms with Gasteiger partial charge in [-0.3, -0.25) is 9.88 Å². The fourth-order valence-electron chi connectivity index (χ4n) is 3.62. The van der Waals surface area contributed by atoms with Gasteiger partial charge in [0, 0.05) is 34.8 Å². The third kappa shape index (κ3) is 2.42. The van der Waals surface area contributed by atoms with Crippen LogP contribution in [0.1, 0.15) is 17.3 Å². The molecule has 0 radical (unpaired) electrons. The molecule has 4 rings (SSSR count). The van der Waals surface area contributed by atoms with Crippen LogP contribution >= 0.6 is 0 Å². The van der Waals surface area contributed by atoms with Crippen molar-refractivity contribution in [2.75, 3.05) is 19.9 Å². The number of aldehydes is 1. The van der Waals surface area contributed by atoms with Crippen molar-refractivity contribution in [3.05, 3.63) is 53.5 Å². The zero-order chi connectivity index (χ0) is 18.4. The Balaban J connectivity index is 2.00. The molecule has 1 aliphatic heterocycles. The van der Waals surface area contributed by atoms with E-state index < -0.39 is 0 Å². The summed E-state index contributed by atoms with van der Waals surface area (Å²) in [5, 5.41) is 0.756. The highest BCUT2D eigenvalue weighted by Gasteiger charge is 2.31. The molecule has 132 valence electrons. The summed E-state index contributed by atoms with van der Waals surface area (Å²) in [6, 6.07) is 9.76. The van der Waals surface area contributed by atoms with Crippen LogP contribution < -0.4 is 10.5 Å². The molecule has 2 N–H and O–H groups in total. The lowest BCUT2D eigenvalue weighted by atomic mass is 9.97. The van der Waals surface area contributed by atoms with E-state index in [1.807, 2.05) is 30.1 Å². The second-order valence-electron chi connectivity index (χ2n) is 6.46. The summed E-state index contributed by atoms with van der Waals surface area (Å²) in [6.45, 7) is 0.541. The Morgan fingerprint density at radius 2 is 2.15 bits per heavy atom. The zero-order valence-corrected chi connectivity index (χ0v) is 14.5. The highest BCUT2D eigenvalue weighted by atomic mass is 19.1. The summed E-state index contributed by atoms with van der Waals surface area (Å²) in [5.74, 6) is 0.0538. The number of rotatable bonds is 3. The molecule has 1 aromatic heterocycles. The first-order valence-electron chi connectivity index (χ1n) is 8.25. The molecule has 1 atom stereocenters. The third-order valence-electron chi connectivity index (χ3n) is 4.89. The Morgan fingerprint density at radius 1 is 1.35 bits per heavy atom. The van der Waals surface area contributed by atoms with E-state index in [9.17, 15) is 9.18 Å². The topological polar surface area (TPSA) is 68.5 Å². The number of methoxy groups -OCH3 is 1. The lowest BCUT2D eigenvalue weighted by Crippen LogP contribution is -2.17. The maximum absolute atomic E-state index is 14.0. The summed E-state index contributed by atoms with van der Waals surface area (Å²) in [4.78, 5) is 18.2. The first-order valence-corrected chi connectivity index (χ1v) is 8.25. The number of ether oxygens (including phenoxy) is 1. The average Bonchev–Trinajstić information content (AvgIpc) is 2.96. The fourth-order valence-corrected chi connectivity index (χ4v) is 3.62. The maximum atomic E-state index is 14.0. The Morgan fingerprint density at radius 3 is 2.88 bits per heavy atom. The van der Waals surface area contributed by atoms with E-state index in [0.29, 0.717) is 29.1 Å². The molecule has 0 fully saturated rings. The van der Waals surface area contributed by atoms with Crippen LogP contribution in [0.4, 0.5) is 10.1 Å². The van der Waals surface area contributed by atoms with Gasteiger partial charge in [-0.2, -0.15) is 0 Å². The van der Waals surface area contributed by atoms with Crippen LogP contribution in [0.5, 0.6) is 5.75 Å². The summed E-state index contributed by atoms with van der Waals surface area (Å²) in [7, 11) is 3.36. The first-order chi connectivity index (χ1) is 12.5. The van der Waals surface area contributed by atoms with Gasteiger partial charge < -0.3 is 15.3 Å². The molecule has 0 bridgehead atoms. The lowest BCUT2D eigenvalue weighted by Gasteiger charge is -2.15. The van der Waals surface area contributed by atoms with E-state index in [0.717, 1.165) is 28.5 Å². The van der Waals surface area contributed by atoms with E-state index in [1.165, 1.54) is 19.2 Å². The lowest BCUT2D eigenvalue weighted by molar-refractivity contribution is -0.111. The number of halogens is 1. The number of hydrogen-bond acceptors (Lipinski definition) is 5. The molecule has 1 aliphatic rings. The highest BCUT2D eigenvalue weighted by molar-refractivity contribution is 6.02. The van der Waals surface area contributed by atoms with Crippen LogP contribution in [0.25, 0.3) is 22.0 Å². The molecule has 2 aromatic carbocycles. The van der Waals surface area contributed by atoms with E-state index >= 15 is 0 Å². The number of carbonyl (C=O) groups excluding carboxylic acids is 1. The number of aromatic nitrogens is 1.